The fourth-order valence-electron chi connectivity index (χ4n) is 3.62. The van der Waals surface area contributed by atoms with Crippen molar-refractivity contribution < 1.29 is 19.1 Å². The second kappa shape index (κ2) is 12.1. The summed E-state index contributed by atoms with van der Waals surface area (Å²) in [6, 6.07) is 5.12. The van der Waals surface area contributed by atoms with Gasteiger partial charge in [-0.2, -0.15) is 0 Å². The van der Waals surface area contributed by atoms with Gasteiger partial charge < -0.3 is 20.3 Å². The number of unbranched alkanes of at least 4 members (excludes halogenated alkanes) is 1. The Morgan fingerprint density at radius 1 is 0.970 bits per heavy atom. The van der Waals surface area contributed by atoms with Crippen LogP contribution in [0.5, 0.6) is 0 Å². The number of aryl methyl sites for hydroxylation is 2. The van der Waals surface area contributed by atoms with E-state index >= 15 is 0 Å². The lowest BCUT2D eigenvalue weighted by atomic mass is 9.91. The van der Waals surface area contributed by atoms with Crippen molar-refractivity contribution in [3.63, 3.8) is 0 Å². The Balaban J connectivity index is 3.37. The van der Waals surface area contributed by atoms with E-state index in [1.165, 1.54) is 0 Å². The number of nitrogens with one attached hydrogen (secondary N) is 2. The zero-order chi connectivity index (χ0) is 25.4. The van der Waals surface area contributed by atoms with E-state index in [2.05, 4.69) is 17.6 Å². The largest absolute Gasteiger partial charge is 0.444 e. The van der Waals surface area contributed by atoms with E-state index in [1.54, 1.807) is 25.7 Å². The van der Waals surface area contributed by atoms with Crippen molar-refractivity contribution in [3.8, 4) is 0 Å². The van der Waals surface area contributed by atoms with Crippen molar-refractivity contribution in [2.45, 2.75) is 98.8 Å². The topological polar surface area (TPSA) is 87.7 Å². The molecule has 0 aromatic heterocycles. The predicted molar refractivity (Wildman–Crippen MR) is 132 cm³/mol. The van der Waals surface area contributed by atoms with E-state index in [9.17, 15) is 14.4 Å². The molecular formula is C26H43N3O4. The quantitative estimate of drug-likeness (QED) is 0.490. The Morgan fingerprint density at radius 2 is 1.55 bits per heavy atom. The van der Waals surface area contributed by atoms with Gasteiger partial charge in [0.1, 0.15) is 18.2 Å². The Labute approximate surface area is 199 Å². The number of carbonyl (C=O) groups excluding carboxylic acids is 3. The monoisotopic (exact) mass is 461 g/mol. The van der Waals surface area contributed by atoms with Gasteiger partial charge >= 0.3 is 6.09 Å². The molecule has 7 heteroatoms. The number of hydrogen-bond donors (Lipinski definition) is 2. The highest BCUT2D eigenvalue weighted by Gasteiger charge is 2.40. The van der Waals surface area contributed by atoms with E-state index in [4.69, 9.17) is 4.74 Å². The molecule has 0 bridgehead atoms. The first-order valence-electron chi connectivity index (χ1n) is 11.9. The van der Waals surface area contributed by atoms with Crippen LogP contribution in [0.3, 0.4) is 0 Å². The molecule has 0 aliphatic carbocycles. The third kappa shape index (κ3) is 9.06. The average molecular weight is 462 g/mol. The summed E-state index contributed by atoms with van der Waals surface area (Å²) in [6.45, 7) is 17.4. The molecule has 186 valence electrons. The predicted octanol–water partition coefficient (Wildman–Crippen LogP) is 4.80. The summed E-state index contributed by atoms with van der Waals surface area (Å²) in [7, 11) is 0. The molecular weight excluding hydrogens is 418 g/mol. The highest BCUT2D eigenvalue weighted by Crippen LogP contribution is 2.32. The summed E-state index contributed by atoms with van der Waals surface area (Å²) in [5, 5.41) is 5.56. The summed E-state index contributed by atoms with van der Waals surface area (Å²) in [5.41, 5.74) is 1.50. The van der Waals surface area contributed by atoms with Crippen LogP contribution in [0.2, 0.25) is 0 Å². The summed E-state index contributed by atoms with van der Waals surface area (Å²) in [5.74, 6) is -0.567. The molecule has 0 saturated carbocycles. The lowest BCUT2D eigenvalue weighted by molar-refractivity contribution is -0.146. The minimum atomic E-state index is -0.816. The minimum Gasteiger partial charge on any atom is -0.444 e. The van der Waals surface area contributed by atoms with Crippen LogP contribution in [0.15, 0.2) is 18.2 Å². The van der Waals surface area contributed by atoms with Crippen molar-refractivity contribution in [1.29, 1.82) is 0 Å². The Hall–Kier alpha value is -2.57. The first-order valence-corrected chi connectivity index (χ1v) is 11.9. The van der Waals surface area contributed by atoms with Gasteiger partial charge in [-0.3, -0.25) is 9.59 Å². The lowest BCUT2D eigenvalue weighted by Gasteiger charge is -2.43. The average Bonchev–Trinajstić information content (AvgIpc) is 2.68. The molecule has 0 spiro atoms. The van der Waals surface area contributed by atoms with E-state index in [-0.39, 0.29) is 18.4 Å². The Morgan fingerprint density at radius 3 is 2.03 bits per heavy atom. The molecule has 0 radical (unpaired) electrons. The van der Waals surface area contributed by atoms with E-state index in [0.29, 0.717) is 13.0 Å². The van der Waals surface area contributed by atoms with Gasteiger partial charge in [0.2, 0.25) is 11.8 Å². The number of nitrogens with zero attached hydrogens (tertiary/aromatic N) is 1. The van der Waals surface area contributed by atoms with Crippen molar-refractivity contribution in [1.82, 2.24) is 15.5 Å². The van der Waals surface area contributed by atoms with Crippen LogP contribution in [-0.2, 0) is 14.3 Å². The molecule has 1 aromatic rings. The zero-order valence-electron chi connectivity index (χ0n) is 21.9. The standard InChI is InChI=1S/C26H43N3O4/c1-10-12-13-27-23(31)22(20-15-18(3)14-19(4)16-20)29(26(8,9)11-2)21(30)17-28-24(32)33-25(5,6)7/h14-16,22H,10-13,17H2,1-9H3,(H,27,31)(H,28,32). The highest BCUT2D eigenvalue weighted by atomic mass is 16.6. The maximum absolute atomic E-state index is 13.5. The van der Waals surface area contributed by atoms with E-state index in [1.807, 2.05) is 52.8 Å². The zero-order valence-corrected chi connectivity index (χ0v) is 21.9. The number of amides is 3. The molecule has 0 saturated heterocycles. The van der Waals surface area contributed by atoms with Crippen LogP contribution in [0.4, 0.5) is 4.79 Å². The molecule has 2 N–H and O–H groups in total. The minimum absolute atomic E-state index is 0.222. The smallest absolute Gasteiger partial charge is 0.408 e. The molecule has 1 unspecified atom stereocenters. The van der Waals surface area contributed by atoms with E-state index in [0.717, 1.165) is 29.5 Å². The molecule has 3 amide bonds. The number of alkyl carbamates (subject to hydrolysis) is 1. The van der Waals surface area contributed by atoms with Crippen LogP contribution in [0.25, 0.3) is 0 Å². The normalized spacial score (nSPS) is 12.6. The van der Waals surface area contributed by atoms with Crippen LogP contribution < -0.4 is 10.6 Å². The van der Waals surface area contributed by atoms with Gasteiger partial charge in [0.05, 0.1) is 0 Å². The van der Waals surface area contributed by atoms with Crippen LogP contribution in [0.1, 0.15) is 90.5 Å². The summed E-state index contributed by atoms with van der Waals surface area (Å²) in [6.07, 6.45) is 1.78. The maximum Gasteiger partial charge on any atom is 0.408 e. The molecule has 7 nitrogen and oxygen atoms in total. The van der Waals surface area contributed by atoms with Crippen LogP contribution in [0, 0.1) is 13.8 Å². The van der Waals surface area contributed by atoms with Gasteiger partial charge in [-0.15, -0.1) is 0 Å². The second-order valence-corrected chi connectivity index (χ2v) is 10.3. The second-order valence-electron chi connectivity index (χ2n) is 10.3. The molecule has 1 rings (SSSR count). The molecule has 1 atom stereocenters. The first kappa shape index (κ1) is 28.5. The molecule has 0 heterocycles. The first-order chi connectivity index (χ1) is 15.2. The fourth-order valence-corrected chi connectivity index (χ4v) is 3.62. The van der Waals surface area contributed by atoms with Gasteiger partial charge in [0.25, 0.3) is 0 Å². The number of benzene rings is 1. The number of hydrogen-bond acceptors (Lipinski definition) is 4. The molecule has 0 aliphatic heterocycles. The molecule has 0 aliphatic rings. The number of rotatable bonds is 10. The Bertz CT molecular complexity index is 807. The summed E-state index contributed by atoms with van der Waals surface area (Å²) < 4.78 is 5.27. The van der Waals surface area contributed by atoms with Crippen molar-refractivity contribution in [3.05, 3.63) is 34.9 Å². The Kier molecular flexibility index (Phi) is 10.4. The van der Waals surface area contributed by atoms with Crippen molar-refractivity contribution >= 4 is 17.9 Å². The van der Waals surface area contributed by atoms with Crippen molar-refractivity contribution in [2.75, 3.05) is 13.1 Å². The SMILES string of the molecule is CCCCNC(=O)C(c1cc(C)cc(C)c1)N(C(=O)CNC(=O)OC(C)(C)C)C(C)(C)CC. The number of ether oxygens (including phenoxy) is 1. The van der Waals surface area contributed by atoms with E-state index < -0.39 is 23.3 Å². The van der Waals surface area contributed by atoms with Crippen LogP contribution in [-0.4, -0.2) is 47.0 Å². The highest BCUT2D eigenvalue weighted by molar-refractivity contribution is 5.91. The van der Waals surface area contributed by atoms with Gasteiger partial charge in [0.15, 0.2) is 0 Å². The summed E-state index contributed by atoms with van der Waals surface area (Å²) >= 11 is 0. The van der Waals surface area contributed by atoms with Gasteiger partial charge in [-0.1, -0.05) is 49.6 Å². The van der Waals surface area contributed by atoms with Gasteiger partial charge in [-0.05, 0) is 66.9 Å². The number of carbonyl (C=O) groups is 3. The van der Waals surface area contributed by atoms with Crippen molar-refractivity contribution in [2.24, 2.45) is 0 Å². The lowest BCUT2D eigenvalue weighted by Crippen LogP contribution is -2.56. The fraction of sp³-hybridized carbons (Fsp3) is 0.654. The molecule has 1 aromatic carbocycles. The van der Waals surface area contributed by atoms with Gasteiger partial charge in [0, 0.05) is 12.1 Å². The maximum atomic E-state index is 13.5. The summed E-state index contributed by atoms with van der Waals surface area (Å²) in [4.78, 5) is 40.7. The third-order valence-corrected chi connectivity index (χ3v) is 5.46. The third-order valence-electron chi connectivity index (χ3n) is 5.46. The van der Waals surface area contributed by atoms with Gasteiger partial charge in [-0.25, -0.2) is 4.79 Å². The van der Waals surface area contributed by atoms with Crippen LogP contribution >= 0.6 is 0 Å². The molecule has 33 heavy (non-hydrogen) atoms. The molecule has 0 fully saturated rings.